The number of hydrogen-bond acceptors (Lipinski definition) is 3. The van der Waals surface area contributed by atoms with Crippen LogP contribution in [0.2, 0.25) is 0 Å². The van der Waals surface area contributed by atoms with E-state index in [1.54, 1.807) is 12.1 Å². The number of ketones is 1. The minimum absolute atomic E-state index is 0.0343. The Morgan fingerprint density at radius 2 is 2.16 bits per heavy atom. The molecule has 0 amide bonds. The largest absolute Gasteiger partial charge is 0.380 e. The lowest BCUT2D eigenvalue weighted by Crippen LogP contribution is -2.27. The van der Waals surface area contributed by atoms with Crippen LogP contribution in [-0.2, 0) is 4.74 Å². The van der Waals surface area contributed by atoms with E-state index in [2.05, 4.69) is 4.90 Å². The van der Waals surface area contributed by atoms with Crippen molar-refractivity contribution < 1.29 is 13.9 Å². The number of carbonyl (C=O) groups excluding carboxylic acids is 1. The third-order valence-electron chi connectivity index (χ3n) is 3.53. The second kappa shape index (κ2) is 6.78. The number of hydrogen-bond donors (Lipinski definition) is 0. The predicted octanol–water partition coefficient (Wildman–Crippen LogP) is 2.37. The van der Waals surface area contributed by atoms with Gasteiger partial charge in [-0.1, -0.05) is 0 Å². The molecule has 1 aliphatic rings. The first-order valence-electron chi connectivity index (χ1n) is 6.80. The first kappa shape index (κ1) is 14.2. The molecule has 1 aromatic carbocycles. The van der Waals surface area contributed by atoms with Crippen molar-refractivity contribution in [2.75, 3.05) is 32.8 Å². The van der Waals surface area contributed by atoms with Crippen LogP contribution in [0.15, 0.2) is 24.3 Å². The summed E-state index contributed by atoms with van der Waals surface area (Å²) in [6.45, 7) is 6.01. The number of nitrogens with zero attached hydrogens (tertiary/aromatic N) is 1. The topological polar surface area (TPSA) is 29.5 Å². The molecular formula is C15H20FNO2. The molecule has 1 fully saturated rings. The fourth-order valence-electron chi connectivity index (χ4n) is 2.44. The summed E-state index contributed by atoms with van der Waals surface area (Å²) in [6.07, 6.45) is 0.877. The highest BCUT2D eigenvalue weighted by Crippen LogP contribution is 2.20. The highest BCUT2D eigenvalue weighted by atomic mass is 19.1. The monoisotopic (exact) mass is 265 g/mol. The maximum absolute atomic E-state index is 12.8. The molecule has 0 saturated carbocycles. The molecule has 1 heterocycles. The normalized spacial score (nSPS) is 19.8. The Labute approximate surface area is 113 Å². The Morgan fingerprint density at radius 3 is 2.84 bits per heavy atom. The van der Waals surface area contributed by atoms with E-state index in [9.17, 15) is 9.18 Å². The molecule has 104 valence electrons. The first-order chi connectivity index (χ1) is 9.20. The van der Waals surface area contributed by atoms with Crippen molar-refractivity contribution in [2.45, 2.75) is 13.3 Å². The lowest BCUT2D eigenvalue weighted by Gasteiger charge is -2.15. The first-order valence-corrected chi connectivity index (χ1v) is 6.80. The van der Waals surface area contributed by atoms with Crippen LogP contribution in [0.5, 0.6) is 0 Å². The minimum atomic E-state index is -0.304. The predicted molar refractivity (Wildman–Crippen MR) is 71.8 cm³/mol. The number of likely N-dealkylation sites (tertiary alicyclic amines) is 1. The van der Waals surface area contributed by atoms with Gasteiger partial charge in [-0.15, -0.1) is 0 Å². The molecule has 0 aliphatic carbocycles. The smallest absolute Gasteiger partial charge is 0.167 e. The SMILES string of the molecule is CCOCCN1CCC(C(=O)c2ccc(F)cc2)C1. The molecule has 2 rings (SSSR count). The lowest BCUT2D eigenvalue weighted by molar-refractivity contribution is 0.0910. The minimum Gasteiger partial charge on any atom is -0.380 e. The summed E-state index contributed by atoms with van der Waals surface area (Å²) in [7, 11) is 0. The van der Waals surface area contributed by atoms with Crippen LogP contribution in [0.1, 0.15) is 23.7 Å². The zero-order valence-electron chi connectivity index (χ0n) is 11.3. The standard InChI is InChI=1S/C15H20FNO2/c1-2-19-10-9-17-8-7-13(11-17)15(18)12-3-5-14(16)6-4-12/h3-6,13H,2,7-11H2,1H3. The van der Waals surface area contributed by atoms with Gasteiger partial charge in [-0.2, -0.15) is 0 Å². The van der Waals surface area contributed by atoms with Gasteiger partial charge in [0, 0.05) is 31.2 Å². The second-order valence-corrected chi connectivity index (χ2v) is 4.85. The molecule has 4 heteroatoms. The lowest BCUT2D eigenvalue weighted by atomic mass is 9.97. The summed E-state index contributed by atoms with van der Waals surface area (Å²) in [5, 5.41) is 0. The fourth-order valence-corrected chi connectivity index (χ4v) is 2.44. The molecule has 1 aromatic rings. The Bertz CT molecular complexity index is 419. The highest BCUT2D eigenvalue weighted by molar-refractivity contribution is 5.98. The third kappa shape index (κ3) is 3.85. The van der Waals surface area contributed by atoms with Crippen molar-refractivity contribution in [3.8, 4) is 0 Å². The van der Waals surface area contributed by atoms with E-state index >= 15 is 0 Å². The van der Waals surface area contributed by atoms with Gasteiger partial charge in [0.2, 0.25) is 0 Å². The molecule has 0 bridgehead atoms. The van der Waals surface area contributed by atoms with Crippen LogP contribution in [-0.4, -0.2) is 43.5 Å². The molecular weight excluding hydrogens is 245 g/mol. The van der Waals surface area contributed by atoms with E-state index in [-0.39, 0.29) is 17.5 Å². The highest BCUT2D eigenvalue weighted by Gasteiger charge is 2.28. The van der Waals surface area contributed by atoms with Crippen LogP contribution in [0.25, 0.3) is 0 Å². The van der Waals surface area contributed by atoms with E-state index < -0.39 is 0 Å². The summed E-state index contributed by atoms with van der Waals surface area (Å²) in [6, 6.07) is 5.82. The summed E-state index contributed by atoms with van der Waals surface area (Å²) in [4.78, 5) is 14.5. The van der Waals surface area contributed by atoms with Gasteiger partial charge < -0.3 is 9.64 Å². The summed E-state index contributed by atoms with van der Waals surface area (Å²) in [5.74, 6) is -0.146. The Kier molecular flexibility index (Phi) is 5.05. The van der Waals surface area contributed by atoms with Crippen molar-refractivity contribution in [3.63, 3.8) is 0 Å². The maximum Gasteiger partial charge on any atom is 0.167 e. The Balaban J connectivity index is 1.86. The van der Waals surface area contributed by atoms with Crippen LogP contribution >= 0.6 is 0 Å². The number of ether oxygens (including phenoxy) is 1. The second-order valence-electron chi connectivity index (χ2n) is 4.85. The van der Waals surface area contributed by atoms with E-state index in [1.165, 1.54) is 12.1 Å². The van der Waals surface area contributed by atoms with Gasteiger partial charge in [0.25, 0.3) is 0 Å². The maximum atomic E-state index is 12.8. The number of rotatable bonds is 6. The number of benzene rings is 1. The molecule has 0 N–H and O–H groups in total. The van der Waals surface area contributed by atoms with Gasteiger partial charge >= 0.3 is 0 Å². The average Bonchev–Trinajstić information content (AvgIpc) is 2.88. The number of Topliss-reactive ketones (excluding diaryl/α,β-unsaturated/α-hetero) is 1. The summed E-state index contributed by atoms with van der Waals surface area (Å²) in [5.41, 5.74) is 0.609. The van der Waals surface area contributed by atoms with Crippen molar-refractivity contribution in [1.82, 2.24) is 4.90 Å². The Hall–Kier alpha value is -1.26. The molecule has 1 atom stereocenters. The zero-order valence-corrected chi connectivity index (χ0v) is 11.3. The van der Waals surface area contributed by atoms with E-state index in [1.807, 2.05) is 6.92 Å². The fraction of sp³-hybridized carbons (Fsp3) is 0.533. The van der Waals surface area contributed by atoms with Crippen LogP contribution in [0, 0.1) is 11.7 Å². The van der Waals surface area contributed by atoms with E-state index in [0.29, 0.717) is 12.2 Å². The van der Waals surface area contributed by atoms with Crippen molar-refractivity contribution in [3.05, 3.63) is 35.6 Å². The van der Waals surface area contributed by atoms with Crippen molar-refractivity contribution in [2.24, 2.45) is 5.92 Å². The molecule has 1 unspecified atom stereocenters. The van der Waals surface area contributed by atoms with Crippen molar-refractivity contribution >= 4 is 5.78 Å². The summed E-state index contributed by atoms with van der Waals surface area (Å²) >= 11 is 0. The quantitative estimate of drug-likeness (QED) is 0.584. The van der Waals surface area contributed by atoms with Gasteiger partial charge in [0.1, 0.15) is 5.82 Å². The van der Waals surface area contributed by atoms with E-state index in [4.69, 9.17) is 4.74 Å². The Morgan fingerprint density at radius 1 is 1.42 bits per heavy atom. The van der Waals surface area contributed by atoms with Gasteiger partial charge in [0.15, 0.2) is 5.78 Å². The van der Waals surface area contributed by atoms with Crippen LogP contribution in [0.4, 0.5) is 4.39 Å². The molecule has 3 nitrogen and oxygen atoms in total. The average molecular weight is 265 g/mol. The third-order valence-corrected chi connectivity index (χ3v) is 3.53. The van der Waals surface area contributed by atoms with Crippen LogP contribution in [0.3, 0.4) is 0 Å². The van der Waals surface area contributed by atoms with Gasteiger partial charge in [-0.25, -0.2) is 4.39 Å². The molecule has 0 spiro atoms. The van der Waals surface area contributed by atoms with E-state index in [0.717, 1.165) is 32.7 Å². The van der Waals surface area contributed by atoms with Gasteiger partial charge in [-0.3, -0.25) is 4.79 Å². The van der Waals surface area contributed by atoms with Gasteiger partial charge in [-0.05, 0) is 44.2 Å². The van der Waals surface area contributed by atoms with Gasteiger partial charge in [0.05, 0.1) is 6.61 Å². The van der Waals surface area contributed by atoms with Crippen molar-refractivity contribution in [1.29, 1.82) is 0 Å². The number of halogens is 1. The molecule has 19 heavy (non-hydrogen) atoms. The van der Waals surface area contributed by atoms with Crippen LogP contribution < -0.4 is 0 Å². The molecule has 1 aliphatic heterocycles. The summed E-state index contributed by atoms with van der Waals surface area (Å²) < 4.78 is 18.1. The number of carbonyl (C=O) groups is 1. The zero-order chi connectivity index (χ0) is 13.7. The molecule has 0 radical (unpaired) electrons. The molecule has 0 aromatic heterocycles. The molecule has 1 saturated heterocycles.